The number of hydrogen-bond acceptors (Lipinski definition) is 7. The fourth-order valence-electron chi connectivity index (χ4n) is 2.42. The molecular weight excluding hydrogens is 350 g/mol. The Morgan fingerprint density at radius 2 is 1.48 bits per heavy atom. The Morgan fingerprint density at radius 3 is 2.11 bits per heavy atom. The molecular formula is C18H21N5O4. The Balaban J connectivity index is 2.00. The van der Waals surface area contributed by atoms with Gasteiger partial charge < -0.3 is 5.32 Å². The molecule has 0 fully saturated rings. The van der Waals surface area contributed by atoms with E-state index in [4.69, 9.17) is 0 Å². The van der Waals surface area contributed by atoms with Crippen molar-refractivity contribution >= 4 is 28.4 Å². The highest BCUT2D eigenvalue weighted by molar-refractivity contribution is 5.60. The van der Waals surface area contributed by atoms with Gasteiger partial charge in [0.25, 0.3) is 0 Å². The molecule has 0 aliphatic heterocycles. The maximum absolute atomic E-state index is 11.0. The fraction of sp³-hybridized carbons (Fsp3) is 0.333. The number of nitro groups is 2. The van der Waals surface area contributed by atoms with Crippen LogP contribution in [-0.4, -0.2) is 16.4 Å². The molecule has 9 heteroatoms. The van der Waals surface area contributed by atoms with Crippen molar-refractivity contribution in [1.82, 2.24) is 0 Å². The average Bonchev–Trinajstić information content (AvgIpc) is 2.66. The first-order valence-corrected chi connectivity index (χ1v) is 8.69. The molecule has 0 radical (unpaired) electrons. The quantitative estimate of drug-likeness (QED) is 0.241. The zero-order chi connectivity index (χ0) is 19.6. The van der Waals surface area contributed by atoms with Gasteiger partial charge in [-0.15, -0.1) is 0 Å². The molecule has 0 aliphatic carbocycles. The number of nitro benzene ring substituents is 2. The number of unbranched alkanes of at least 4 members (excludes halogenated alkanes) is 3. The summed E-state index contributed by atoms with van der Waals surface area (Å²) in [7, 11) is 0. The van der Waals surface area contributed by atoms with Crippen molar-refractivity contribution in [3.63, 3.8) is 0 Å². The van der Waals surface area contributed by atoms with E-state index in [1.165, 1.54) is 25.3 Å². The third-order valence-corrected chi connectivity index (χ3v) is 3.86. The van der Waals surface area contributed by atoms with Gasteiger partial charge in [0.1, 0.15) is 0 Å². The summed E-state index contributed by atoms with van der Waals surface area (Å²) in [6.07, 6.45) is 4.77. The van der Waals surface area contributed by atoms with Crippen LogP contribution in [0.3, 0.4) is 0 Å². The summed E-state index contributed by atoms with van der Waals surface area (Å²) in [5.41, 5.74) is 0.543. The number of azo groups is 1. The lowest BCUT2D eigenvalue weighted by molar-refractivity contribution is -0.422. The Labute approximate surface area is 156 Å². The molecule has 9 nitrogen and oxygen atoms in total. The van der Waals surface area contributed by atoms with Crippen molar-refractivity contribution in [2.24, 2.45) is 10.2 Å². The molecule has 0 aromatic heterocycles. The van der Waals surface area contributed by atoms with E-state index in [1.807, 2.05) is 12.1 Å². The van der Waals surface area contributed by atoms with Crippen molar-refractivity contribution in [1.29, 1.82) is 0 Å². The molecule has 2 aromatic carbocycles. The molecule has 0 bridgehead atoms. The SMILES string of the molecule is CCCCCCNc1ccc(/N=N/c2ccc([N+](=O)[O-])c([N+](=O)[O-])c2)cc1. The fourth-order valence-corrected chi connectivity index (χ4v) is 2.42. The molecule has 0 heterocycles. The first kappa shape index (κ1) is 20.0. The van der Waals surface area contributed by atoms with Gasteiger partial charge in [-0.25, -0.2) is 0 Å². The topological polar surface area (TPSA) is 123 Å². The zero-order valence-electron chi connectivity index (χ0n) is 15.0. The molecule has 2 rings (SSSR count). The number of rotatable bonds is 10. The van der Waals surface area contributed by atoms with E-state index >= 15 is 0 Å². The van der Waals surface area contributed by atoms with E-state index in [0.717, 1.165) is 30.8 Å². The molecule has 0 aliphatic rings. The third-order valence-electron chi connectivity index (χ3n) is 3.86. The van der Waals surface area contributed by atoms with Crippen LogP contribution in [0.25, 0.3) is 0 Å². The summed E-state index contributed by atoms with van der Waals surface area (Å²) in [6.45, 7) is 3.09. The van der Waals surface area contributed by atoms with Crippen molar-refractivity contribution in [3.05, 3.63) is 62.7 Å². The predicted octanol–water partition coefficient (Wildman–Crippen LogP) is 5.91. The summed E-state index contributed by atoms with van der Waals surface area (Å²) in [6, 6.07) is 10.7. The lowest BCUT2D eigenvalue weighted by Crippen LogP contribution is -2.00. The maximum Gasteiger partial charge on any atom is 0.348 e. The van der Waals surface area contributed by atoms with Gasteiger partial charge in [-0.2, -0.15) is 10.2 Å². The maximum atomic E-state index is 11.0. The summed E-state index contributed by atoms with van der Waals surface area (Å²) in [5.74, 6) is 0. The minimum atomic E-state index is -0.807. The number of hydrogen-bond donors (Lipinski definition) is 1. The van der Waals surface area contributed by atoms with E-state index in [2.05, 4.69) is 22.5 Å². The average molecular weight is 371 g/mol. The number of anilines is 1. The first-order valence-electron chi connectivity index (χ1n) is 8.69. The van der Waals surface area contributed by atoms with E-state index in [0.29, 0.717) is 5.69 Å². The van der Waals surface area contributed by atoms with Gasteiger partial charge in [-0.05, 0) is 36.8 Å². The minimum absolute atomic E-state index is 0.172. The molecule has 142 valence electrons. The Bertz CT molecular complexity index is 821. The highest BCUT2D eigenvalue weighted by atomic mass is 16.6. The van der Waals surface area contributed by atoms with Crippen molar-refractivity contribution in [2.45, 2.75) is 32.6 Å². The zero-order valence-corrected chi connectivity index (χ0v) is 15.0. The van der Waals surface area contributed by atoms with E-state index < -0.39 is 21.2 Å². The smallest absolute Gasteiger partial charge is 0.348 e. The number of benzene rings is 2. The van der Waals surface area contributed by atoms with Crippen molar-refractivity contribution < 1.29 is 9.85 Å². The highest BCUT2D eigenvalue weighted by Crippen LogP contribution is 2.31. The van der Waals surface area contributed by atoms with Crippen LogP contribution in [0.5, 0.6) is 0 Å². The molecule has 0 saturated heterocycles. The summed E-state index contributed by atoms with van der Waals surface area (Å²) in [4.78, 5) is 20.2. The van der Waals surface area contributed by atoms with Crippen LogP contribution < -0.4 is 5.32 Å². The molecule has 1 N–H and O–H groups in total. The standard InChI is InChI=1S/C18H21N5O4/c1-2-3-4-5-12-19-14-6-8-15(9-7-14)20-21-16-10-11-17(22(24)25)18(13-16)23(26)27/h6-11,13,19H,2-5,12H2,1H3/b21-20+. The molecule has 2 aromatic rings. The van der Waals surface area contributed by atoms with Gasteiger partial charge in [0.05, 0.1) is 27.3 Å². The third kappa shape index (κ3) is 6.14. The Hall–Kier alpha value is -3.36. The Morgan fingerprint density at radius 1 is 0.852 bits per heavy atom. The predicted molar refractivity (Wildman–Crippen MR) is 103 cm³/mol. The second kappa shape index (κ2) is 9.95. The van der Waals surface area contributed by atoms with E-state index in [1.54, 1.807) is 12.1 Å². The number of nitrogens with one attached hydrogen (secondary N) is 1. The van der Waals surface area contributed by atoms with Gasteiger partial charge in [0.15, 0.2) is 0 Å². The monoisotopic (exact) mass is 371 g/mol. The van der Waals surface area contributed by atoms with Crippen LogP contribution >= 0.6 is 0 Å². The van der Waals surface area contributed by atoms with Gasteiger partial charge in [-0.1, -0.05) is 26.2 Å². The van der Waals surface area contributed by atoms with Crippen LogP contribution in [0, 0.1) is 20.2 Å². The minimum Gasteiger partial charge on any atom is -0.385 e. The summed E-state index contributed by atoms with van der Waals surface area (Å²) < 4.78 is 0. The van der Waals surface area contributed by atoms with Crippen LogP contribution in [0.1, 0.15) is 32.6 Å². The van der Waals surface area contributed by atoms with Crippen molar-refractivity contribution in [3.8, 4) is 0 Å². The van der Waals surface area contributed by atoms with Crippen LogP contribution in [0.2, 0.25) is 0 Å². The highest BCUT2D eigenvalue weighted by Gasteiger charge is 2.24. The second-order valence-corrected chi connectivity index (χ2v) is 5.92. The Kier molecular flexibility index (Phi) is 7.36. The van der Waals surface area contributed by atoms with Crippen molar-refractivity contribution in [2.75, 3.05) is 11.9 Å². The largest absolute Gasteiger partial charge is 0.385 e. The van der Waals surface area contributed by atoms with E-state index in [9.17, 15) is 20.2 Å². The molecule has 0 amide bonds. The van der Waals surface area contributed by atoms with Crippen LogP contribution in [-0.2, 0) is 0 Å². The normalized spacial score (nSPS) is 10.9. The van der Waals surface area contributed by atoms with Crippen LogP contribution in [0.15, 0.2) is 52.7 Å². The lowest BCUT2D eigenvalue weighted by atomic mass is 10.2. The molecule has 0 unspecified atom stereocenters. The molecule has 0 atom stereocenters. The first-order chi connectivity index (χ1) is 13.0. The van der Waals surface area contributed by atoms with E-state index in [-0.39, 0.29) is 5.69 Å². The van der Waals surface area contributed by atoms with Gasteiger partial charge in [-0.3, -0.25) is 20.2 Å². The second-order valence-electron chi connectivity index (χ2n) is 5.92. The number of nitrogens with zero attached hydrogens (tertiary/aromatic N) is 4. The summed E-state index contributed by atoms with van der Waals surface area (Å²) in [5, 5.41) is 33.0. The lowest BCUT2D eigenvalue weighted by Gasteiger charge is -2.05. The molecule has 0 spiro atoms. The van der Waals surface area contributed by atoms with Gasteiger partial charge >= 0.3 is 11.4 Å². The van der Waals surface area contributed by atoms with Gasteiger partial charge in [0.2, 0.25) is 0 Å². The molecule has 27 heavy (non-hydrogen) atoms. The van der Waals surface area contributed by atoms with Crippen LogP contribution in [0.4, 0.5) is 28.4 Å². The molecule has 0 saturated carbocycles. The summed E-state index contributed by atoms with van der Waals surface area (Å²) >= 11 is 0. The van der Waals surface area contributed by atoms with Gasteiger partial charge in [0, 0.05) is 18.3 Å².